The molecule has 0 radical (unpaired) electrons. The van der Waals surface area contributed by atoms with E-state index in [1.807, 2.05) is 4.68 Å². The van der Waals surface area contributed by atoms with Crippen LogP contribution in [0.2, 0.25) is 0 Å². The fourth-order valence-corrected chi connectivity index (χ4v) is 3.24. The SMILES string of the molecule is CCCn1c(C2CCCC2)c(N)c(=O)n1CC(C)C. The summed E-state index contributed by atoms with van der Waals surface area (Å²) in [7, 11) is 0. The predicted octanol–water partition coefficient (Wildman–Crippen LogP) is 2.96. The van der Waals surface area contributed by atoms with Crippen molar-refractivity contribution < 1.29 is 0 Å². The Labute approximate surface area is 115 Å². The zero-order valence-corrected chi connectivity index (χ0v) is 12.5. The largest absolute Gasteiger partial charge is 0.393 e. The Morgan fingerprint density at radius 2 is 1.89 bits per heavy atom. The number of nitrogens with zero attached hydrogens (tertiary/aromatic N) is 2. The van der Waals surface area contributed by atoms with Crippen molar-refractivity contribution in [2.45, 2.75) is 71.9 Å². The summed E-state index contributed by atoms with van der Waals surface area (Å²) in [5.74, 6) is 0.951. The van der Waals surface area contributed by atoms with Gasteiger partial charge in [0, 0.05) is 19.0 Å². The van der Waals surface area contributed by atoms with Crippen LogP contribution < -0.4 is 11.3 Å². The number of anilines is 1. The molecule has 0 spiro atoms. The summed E-state index contributed by atoms with van der Waals surface area (Å²) < 4.78 is 4.05. The molecule has 19 heavy (non-hydrogen) atoms. The summed E-state index contributed by atoms with van der Waals surface area (Å²) >= 11 is 0. The van der Waals surface area contributed by atoms with Gasteiger partial charge < -0.3 is 5.73 Å². The highest BCUT2D eigenvalue weighted by Crippen LogP contribution is 2.36. The maximum atomic E-state index is 12.4. The second-order valence-corrected chi connectivity index (χ2v) is 6.18. The summed E-state index contributed by atoms with van der Waals surface area (Å²) in [4.78, 5) is 12.4. The Balaban J connectivity index is 2.48. The average Bonchev–Trinajstić information content (AvgIpc) is 2.93. The molecule has 1 heterocycles. The molecule has 0 amide bonds. The third-order valence-corrected chi connectivity index (χ3v) is 4.03. The van der Waals surface area contributed by atoms with E-state index in [1.54, 1.807) is 0 Å². The second-order valence-electron chi connectivity index (χ2n) is 6.18. The third kappa shape index (κ3) is 2.72. The monoisotopic (exact) mass is 265 g/mol. The molecule has 1 aromatic heterocycles. The van der Waals surface area contributed by atoms with Crippen LogP contribution in [0.3, 0.4) is 0 Å². The van der Waals surface area contributed by atoms with E-state index in [0.29, 0.717) is 17.5 Å². The van der Waals surface area contributed by atoms with Crippen molar-refractivity contribution in [3.63, 3.8) is 0 Å². The summed E-state index contributed by atoms with van der Waals surface area (Å²) in [6.45, 7) is 8.09. The van der Waals surface area contributed by atoms with Crippen LogP contribution in [0.1, 0.15) is 64.5 Å². The van der Waals surface area contributed by atoms with E-state index in [9.17, 15) is 4.79 Å². The van der Waals surface area contributed by atoms with Crippen LogP contribution in [-0.4, -0.2) is 9.36 Å². The van der Waals surface area contributed by atoms with Crippen LogP contribution in [0.25, 0.3) is 0 Å². The third-order valence-electron chi connectivity index (χ3n) is 4.03. The second kappa shape index (κ2) is 5.85. The molecule has 1 aliphatic rings. The van der Waals surface area contributed by atoms with Gasteiger partial charge in [0.1, 0.15) is 5.69 Å². The first-order chi connectivity index (χ1) is 9.06. The molecule has 1 aromatic rings. The molecule has 2 N–H and O–H groups in total. The van der Waals surface area contributed by atoms with Gasteiger partial charge in [0.05, 0.1) is 5.69 Å². The van der Waals surface area contributed by atoms with Gasteiger partial charge in [-0.1, -0.05) is 33.6 Å². The van der Waals surface area contributed by atoms with Crippen LogP contribution in [0.4, 0.5) is 5.69 Å². The van der Waals surface area contributed by atoms with E-state index >= 15 is 0 Å². The molecule has 0 saturated heterocycles. The molecule has 0 bridgehead atoms. The standard InChI is InChI=1S/C15H27N3O/c1-4-9-17-14(12-7-5-6-8-12)13(16)15(19)18(17)10-11(2)3/h11-12H,4-10,16H2,1-3H3. The molecule has 0 atom stereocenters. The summed E-state index contributed by atoms with van der Waals surface area (Å²) in [5.41, 5.74) is 7.77. The molecule has 108 valence electrons. The van der Waals surface area contributed by atoms with Gasteiger partial charge in [0.25, 0.3) is 5.56 Å². The Morgan fingerprint density at radius 3 is 2.42 bits per heavy atom. The molecule has 1 aliphatic carbocycles. The number of aromatic nitrogens is 2. The molecule has 0 unspecified atom stereocenters. The van der Waals surface area contributed by atoms with Crippen molar-refractivity contribution in [1.29, 1.82) is 0 Å². The Morgan fingerprint density at radius 1 is 1.26 bits per heavy atom. The molecule has 4 nitrogen and oxygen atoms in total. The van der Waals surface area contributed by atoms with Crippen LogP contribution in [-0.2, 0) is 13.1 Å². The molecule has 4 heteroatoms. The van der Waals surface area contributed by atoms with Crippen LogP contribution in [0, 0.1) is 5.92 Å². The Hall–Kier alpha value is -1.19. The van der Waals surface area contributed by atoms with Gasteiger partial charge in [-0.2, -0.15) is 0 Å². The van der Waals surface area contributed by atoms with Crippen LogP contribution in [0.5, 0.6) is 0 Å². The summed E-state index contributed by atoms with van der Waals surface area (Å²) in [6.07, 6.45) is 5.92. The van der Waals surface area contributed by atoms with Gasteiger partial charge in [-0.25, -0.2) is 4.68 Å². The number of rotatable bonds is 5. The first-order valence-corrected chi connectivity index (χ1v) is 7.65. The molecular formula is C15H27N3O. The van der Waals surface area contributed by atoms with Crippen LogP contribution in [0.15, 0.2) is 4.79 Å². The highest BCUT2D eigenvalue weighted by atomic mass is 16.1. The minimum Gasteiger partial charge on any atom is -0.393 e. The van der Waals surface area contributed by atoms with Gasteiger partial charge in [0.15, 0.2) is 0 Å². The molecule has 0 aromatic carbocycles. The molecule has 1 fully saturated rings. The number of nitrogens with two attached hydrogens (primary N) is 1. The Bertz CT molecular complexity index is 478. The van der Waals surface area contributed by atoms with Crippen molar-refractivity contribution in [3.8, 4) is 0 Å². The van der Waals surface area contributed by atoms with Crippen molar-refractivity contribution in [2.75, 3.05) is 5.73 Å². The molecule has 0 aliphatic heterocycles. The van der Waals surface area contributed by atoms with Gasteiger partial charge >= 0.3 is 0 Å². The smallest absolute Gasteiger partial charge is 0.290 e. The van der Waals surface area contributed by atoms with Gasteiger partial charge in [-0.05, 0) is 25.2 Å². The maximum absolute atomic E-state index is 12.4. The lowest BCUT2D eigenvalue weighted by molar-refractivity contribution is 0.371. The fraction of sp³-hybridized carbons (Fsp3) is 0.800. The number of hydrogen-bond acceptors (Lipinski definition) is 2. The first-order valence-electron chi connectivity index (χ1n) is 7.65. The van der Waals surface area contributed by atoms with E-state index in [1.165, 1.54) is 25.7 Å². The van der Waals surface area contributed by atoms with Gasteiger partial charge in [0.2, 0.25) is 0 Å². The minimum atomic E-state index is 0.0176. The minimum absolute atomic E-state index is 0.0176. The zero-order valence-electron chi connectivity index (χ0n) is 12.5. The van der Waals surface area contributed by atoms with E-state index in [4.69, 9.17) is 5.73 Å². The Kier molecular flexibility index (Phi) is 4.38. The average molecular weight is 265 g/mol. The van der Waals surface area contributed by atoms with Gasteiger partial charge in [-0.15, -0.1) is 0 Å². The fourth-order valence-electron chi connectivity index (χ4n) is 3.24. The topological polar surface area (TPSA) is 52.9 Å². The van der Waals surface area contributed by atoms with Crippen molar-refractivity contribution in [1.82, 2.24) is 9.36 Å². The highest BCUT2D eigenvalue weighted by molar-refractivity contribution is 5.44. The van der Waals surface area contributed by atoms with Crippen LogP contribution >= 0.6 is 0 Å². The lowest BCUT2D eigenvalue weighted by atomic mass is 10.0. The molecule has 2 rings (SSSR count). The molecule has 1 saturated carbocycles. The van der Waals surface area contributed by atoms with E-state index in [2.05, 4.69) is 25.5 Å². The lowest BCUT2D eigenvalue weighted by Gasteiger charge is -2.18. The zero-order chi connectivity index (χ0) is 14.0. The number of hydrogen-bond donors (Lipinski definition) is 1. The van der Waals surface area contributed by atoms with Gasteiger partial charge in [-0.3, -0.25) is 9.48 Å². The first kappa shape index (κ1) is 14.2. The maximum Gasteiger partial charge on any atom is 0.290 e. The molecular weight excluding hydrogens is 238 g/mol. The van der Waals surface area contributed by atoms with Crippen molar-refractivity contribution in [2.24, 2.45) is 5.92 Å². The normalized spacial score (nSPS) is 16.6. The highest BCUT2D eigenvalue weighted by Gasteiger charge is 2.27. The predicted molar refractivity (Wildman–Crippen MR) is 79.4 cm³/mol. The lowest BCUT2D eigenvalue weighted by Crippen LogP contribution is -2.26. The van der Waals surface area contributed by atoms with E-state index in [0.717, 1.165) is 25.2 Å². The van der Waals surface area contributed by atoms with E-state index in [-0.39, 0.29) is 5.56 Å². The van der Waals surface area contributed by atoms with Crippen molar-refractivity contribution >= 4 is 5.69 Å². The number of nitrogen functional groups attached to an aromatic ring is 1. The summed E-state index contributed by atoms with van der Waals surface area (Å²) in [5, 5.41) is 0. The summed E-state index contributed by atoms with van der Waals surface area (Å²) in [6, 6.07) is 0. The van der Waals surface area contributed by atoms with E-state index < -0.39 is 0 Å². The van der Waals surface area contributed by atoms with Crippen molar-refractivity contribution in [3.05, 3.63) is 16.0 Å². The quantitative estimate of drug-likeness (QED) is 0.890.